The zero-order chi connectivity index (χ0) is 14.1. The molecule has 5 heteroatoms. The van der Waals surface area contributed by atoms with Gasteiger partial charge in [0.25, 0.3) is 0 Å². The Balaban J connectivity index is 1.98. The summed E-state index contributed by atoms with van der Waals surface area (Å²) < 4.78 is 0. The second-order valence-corrected chi connectivity index (χ2v) is 5.87. The van der Waals surface area contributed by atoms with Gasteiger partial charge in [-0.05, 0) is 43.1 Å². The van der Waals surface area contributed by atoms with Crippen LogP contribution in [0.25, 0.3) is 10.9 Å². The van der Waals surface area contributed by atoms with Crippen molar-refractivity contribution < 1.29 is 10.2 Å². The van der Waals surface area contributed by atoms with Gasteiger partial charge in [0.1, 0.15) is 0 Å². The molecule has 0 amide bonds. The highest BCUT2D eigenvalue weighted by molar-refractivity contribution is 6.31. The number of aliphatic hydroxyl groups excluding tert-OH is 2. The van der Waals surface area contributed by atoms with Crippen LogP contribution in [0.4, 0.5) is 0 Å². The summed E-state index contributed by atoms with van der Waals surface area (Å²) in [6.45, 7) is 0.923. The van der Waals surface area contributed by atoms with E-state index in [1.165, 1.54) is 16.6 Å². The summed E-state index contributed by atoms with van der Waals surface area (Å²) in [6, 6.07) is 6.04. The van der Waals surface area contributed by atoms with Crippen molar-refractivity contribution in [1.29, 1.82) is 0 Å². The minimum absolute atomic E-state index is 0.00999. The van der Waals surface area contributed by atoms with Crippen molar-refractivity contribution in [1.82, 2.24) is 10.3 Å². The number of fused-ring (bicyclic) bond motifs is 3. The number of halogens is 1. The number of aliphatic hydroxyl groups is 2. The third-order valence-corrected chi connectivity index (χ3v) is 4.34. The maximum atomic E-state index is 9.27. The molecule has 1 atom stereocenters. The molecule has 0 saturated heterocycles. The Morgan fingerprint density at radius 2 is 2.10 bits per heavy atom. The number of aromatic amines is 1. The molecule has 1 aromatic heterocycles. The highest BCUT2D eigenvalue weighted by Crippen LogP contribution is 2.34. The van der Waals surface area contributed by atoms with Crippen LogP contribution in [0.1, 0.15) is 23.7 Å². The Kier molecular flexibility index (Phi) is 3.98. The fraction of sp³-hybridized carbons (Fsp3) is 0.467. The average molecular weight is 295 g/mol. The van der Waals surface area contributed by atoms with Crippen LogP contribution in [0.15, 0.2) is 18.2 Å². The molecule has 2 heterocycles. The van der Waals surface area contributed by atoms with Crippen LogP contribution in [0.3, 0.4) is 0 Å². The maximum Gasteiger partial charge on any atom is 0.0481 e. The Labute approximate surface area is 122 Å². The molecule has 1 unspecified atom stereocenters. The van der Waals surface area contributed by atoms with Crippen LogP contribution in [-0.4, -0.2) is 35.0 Å². The minimum Gasteiger partial charge on any atom is -0.396 e. The van der Waals surface area contributed by atoms with Crippen molar-refractivity contribution >= 4 is 22.5 Å². The predicted molar refractivity (Wildman–Crippen MR) is 80.0 cm³/mol. The molecule has 0 aliphatic carbocycles. The number of rotatable bonds is 4. The quantitative estimate of drug-likeness (QED) is 0.697. The largest absolute Gasteiger partial charge is 0.396 e. The second kappa shape index (κ2) is 5.74. The van der Waals surface area contributed by atoms with Gasteiger partial charge in [-0.25, -0.2) is 0 Å². The predicted octanol–water partition coefficient (Wildman–Crippen LogP) is 2.00. The third-order valence-electron chi connectivity index (χ3n) is 4.10. The normalized spacial score (nSPS) is 18.7. The molecule has 2 aromatic rings. The monoisotopic (exact) mass is 294 g/mol. The number of aromatic nitrogens is 1. The zero-order valence-electron chi connectivity index (χ0n) is 11.2. The van der Waals surface area contributed by atoms with Gasteiger partial charge < -0.3 is 20.5 Å². The van der Waals surface area contributed by atoms with Gasteiger partial charge in [0.15, 0.2) is 0 Å². The molecular formula is C15H19ClN2O2. The molecule has 4 nitrogen and oxygen atoms in total. The van der Waals surface area contributed by atoms with Gasteiger partial charge in [-0.15, -0.1) is 0 Å². The molecule has 1 aliphatic rings. The van der Waals surface area contributed by atoms with Crippen LogP contribution >= 0.6 is 11.6 Å². The first-order chi connectivity index (χ1) is 9.72. The van der Waals surface area contributed by atoms with Crippen molar-refractivity contribution in [2.45, 2.75) is 18.9 Å². The van der Waals surface area contributed by atoms with E-state index < -0.39 is 0 Å². The SMILES string of the molecule is OCC(CO)CC1NCCc2c1[nH]c1ccc(Cl)cc21. The van der Waals surface area contributed by atoms with E-state index in [2.05, 4.69) is 10.3 Å². The van der Waals surface area contributed by atoms with Gasteiger partial charge in [0.2, 0.25) is 0 Å². The number of hydrogen-bond acceptors (Lipinski definition) is 3. The van der Waals surface area contributed by atoms with E-state index in [0.717, 1.165) is 29.9 Å². The van der Waals surface area contributed by atoms with Crippen molar-refractivity contribution in [2.24, 2.45) is 5.92 Å². The van der Waals surface area contributed by atoms with Gasteiger partial charge in [-0.3, -0.25) is 0 Å². The molecule has 0 fully saturated rings. The average Bonchev–Trinajstić information content (AvgIpc) is 2.83. The van der Waals surface area contributed by atoms with E-state index in [9.17, 15) is 10.2 Å². The summed E-state index contributed by atoms with van der Waals surface area (Å²) in [5, 5.41) is 23.9. The number of benzene rings is 1. The summed E-state index contributed by atoms with van der Waals surface area (Å²) >= 11 is 6.09. The zero-order valence-corrected chi connectivity index (χ0v) is 12.0. The molecule has 0 saturated carbocycles. The molecule has 3 rings (SSSR count). The van der Waals surface area contributed by atoms with Gasteiger partial charge in [-0.1, -0.05) is 11.6 Å². The lowest BCUT2D eigenvalue weighted by molar-refractivity contribution is 0.133. The summed E-state index contributed by atoms with van der Waals surface area (Å²) in [5.74, 6) is -0.0894. The molecule has 4 N–H and O–H groups in total. The summed E-state index contributed by atoms with van der Waals surface area (Å²) in [6.07, 6.45) is 1.69. The molecule has 0 bridgehead atoms. The fourth-order valence-electron chi connectivity index (χ4n) is 3.02. The van der Waals surface area contributed by atoms with Crippen molar-refractivity contribution in [3.63, 3.8) is 0 Å². The second-order valence-electron chi connectivity index (χ2n) is 5.43. The van der Waals surface area contributed by atoms with Crippen molar-refractivity contribution in [3.05, 3.63) is 34.5 Å². The standard InChI is InChI=1S/C15H19ClN2O2/c16-10-1-2-13-12(6-10)11-3-4-17-14(15(11)18-13)5-9(7-19)8-20/h1-2,6,9,14,17-20H,3-5,7-8H2. The van der Waals surface area contributed by atoms with Crippen LogP contribution < -0.4 is 5.32 Å². The number of hydrogen-bond donors (Lipinski definition) is 4. The molecular weight excluding hydrogens is 276 g/mol. The molecule has 1 aliphatic heterocycles. The Morgan fingerprint density at radius 1 is 1.30 bits per heavy atom. The van der Waals surface area contributed by atoms with Crippen LogP contribution in [-0.2, 0) is 6.42 Å². The first kappa shape index (κ1) is 13.9. The lowest BCUT2D eigenvalue weighted by Crippen LogP contribution is -2.32. The van der Waals surface area contributed by atoms with Gasteiger partial charge in [0.05, 0.1) is 0 Å². The van der Waals surface area contributed by atoms with E-state index in [4.69, 9.17) is 11.6 Å². The van der Waals surface area contributed by atoms with Gasteiger partial charge in [-0.2, -0.15) is 0 Å². The lowest BCUT2D eigenvalue weighted by Gasteiger charge is -2.27. The molecule has 0 spiro atoms. The number of H-pyrrole nitrogens is 1. The fourth-order valence-corrected chi connectivity index (χ4v) is 3.19. The van der Waals surface area contributed by atoms with E-state index in [1.807, 2.05) is 18.2 Å². The van der Waals surface area contributed by atoms with Gasteiger partial charge >= 0.3 is 0 Å². The summed E-state index contributed by atoms with van der Waals surface area (Å²) in [5.41, 5.74) is 3.57. The molecule has 108 valence electrons. The summed E-state index contributed by atoms with van der Waals surface area (Å²) in [4.78, 5) is 3.46. The molecule has 20 heavy (non-hydrogen) atoms. The Morgan fingerprint density at radius 3 is 2.85 bits per heavy atom. The highest BCUT2D eigenvalue weighted by atomic mass is 35.5. The van der Waals surface area contributed by atoms with Crippen molar-refractivity contribution in [3.8, 4) is 0 Å². The Hall–Kier alpha value is -1.07. The molecule has 1 aromatic carbocycles. The third kappa shape index (κ3) is 2.44. The smallest absolute Gasteiger partial charge is 0.0481 e. The molecule has 0 radical (unpaired) electrons. The van der Waals surface area contributed by atoms with E-state index in [-0.39, 0.29) is 25.2 Å². The van der Waals surface area contributed by atoms with E-state index in [1.54, 1.807) is 0 Å². The topological polar surface area (TPSA) is 68.3 Å². The number of nitrogens with one attached hydrogen (secondary N) is 2. The highest BCUT2D eigenvalue weighted by Gasteiger charge is 2.26. The first-order valence-electron chi connectivity index (χ1n) is 6.98. The minimum atomic E-state index is -0.0894. The van der Waals surface area contributed by atoms with Gasteiger partial charge in [0, 0.05) is 46.8 Å². The van der Waals surface area contributed by atoms with E-state index >= 15 is 0 Å². The first-order valence-corrected chi connectivity index (χ1v) is 7.35. The Bertz CT molecular complexity index is 607. The van der Waals surface area contributed by atoms with Crippen molar-refractivity contribution in [2.75, 3.05) is 19.8 Å². The van der Waals surface area contributed by atoms with Crippen LogP contribution in [0, 0.1) is 5.92 Å². The maximum absolute atomic E-state index is 9.27. The van der Waals surface area contributed by atoms with Crippen LogP contribution in [0.5, 0.6) is 0 Å². The summed E-state index contributed by atoms with van der Waals surface area (Å²) in [7, 11) is 0. The lowest BCUT2D eigenvalue weighted by atomic mass is 9.92. The van der Waals surface area contributed by atoms with Crippen LogP contribution in [0.2, 0.25) is 5.02 Å². The van der Waals surface area contributed by atoms with E-state index in [0.29, 0.717) is 0 Å².